The number of hydrogen-bond acceptors (Lipinski definition) is 7. The Hall–Kier alpha value is -3.62. The monoisotopic (exact) mass is 556 g/mol. The standard InChI is InChI=1S/C27H23F3N4O2S2/c1-27(2,3)36-25(35)32-21(9-14-7-17(28)11-18(29)8-14)23-19(15-5-6-20(30)16(10-15)13-31)12-22-24(33-23)34-26(37-4)38-22/h5-8,10-12,21H,9H2,1-4H3,(H,32,35). The fourth-order valence-corrected chi connectivity index (χ4v) is 5.31. The van der Waals surface area contributed by atoms with Gasteiger partial charge in [0.1, 0.15) is 29.1 Å². The molecule has 6 nitrogen and oxygen atoms in total. The number of pyridine rings is 1. The van der Waals surface area contributed by atoms with E-state index in [4.69, 9.17) is 9.72 Å². The van der Waals surface area contributed by atoms with Gasteiger partial charge in [-0.25, -0.2) is 27.9 Å². The second kappa shape index (κ2) is 11.0. The number of halogens is 3. The van der Waals surface area contributed by atoms with Gasteiger partial charge in [0.25, 0.3) is 0 Å². The van der Waals surface area contributed by atoms with Crippen molar-refractivity contribution in [2.45, 2.75) is 43.2 Å². The Kier molecular flexibility index (Phi) is 7.94. The van der Waals surface area contributed by atoms with Crippen molar-refractivity contribution in [3.63, 3.8) is 0 Å². The molecular weight excluding hydrogens is 533 g/mol. The number of nitrogens with one attached hydrogen (secondary N) is 1. The largest absolute Gasteiger partial charge is 0.444 e. The van der Waals surface area contributed by atoms with Crippen molar-refractivity contribution in [2.75, 3.05) is 6.26 Å². The molecule has 2 heterocycles. The number of benzene rings is 2. The molecule has 0 aliphatic carbocycles. The van der Waals surface area contributed by atoms with E-state index in [-0.39, 0.29) is 17.5 Å². The first-order chi connectivity index (χ1) is 18.0. The molecule has 0 aliphatic heterocycles. The molecule has 4 rings (SSSR count). The zero-order chi connectivity index (χ0) is 27.6. The highest BCUT2D eigenvalue weighted by Gasteiger charge is 2.26. The van der Waals surface area contributed by atoms with E-state index in [0.717, 1.165) is 15.1 Å². The third-order valence-electron chi connectivity index (χ3n) is 5.35. The Morgan fingerprint density at radius 1 is 1.13 bits per heavy atom. The summed E-state index contributed by atoms with van der Waals surface area (Å²) in [4.78, 5) is 22.1. The lowest BCUT2D eigenvalue weighted by atomic mass is 9.94. The average molecular weight is 557 g/mol. The summed E-state index contributed by atoms with van der Waals surface area (Å²) in [5.41, 5.74) is 1.03. The van der Waals surface area contributed by atoms with E-state index >= 15 is 0 Å². The Morgan fingerprint density at radius 2 is 1.84 bits per heavy atom. The van der Waals surface area contributed by atoms with Crippen molar-refractivity contribution >= 4 is 39.5 Å². The molecule has 0 aliphatic rings. The molecular formula is C27H23F3N4O2S2. The number of nitrogens with zero attached hydrogens (tertiary/aromatic N) is 3. The lowest BCUT2D eigenvalue weighted by Gasteiger charge is -2.25. The summed E-state index contributed by atoms with van der Waals surface area (Å²) < 4.78 is 49.2. The molecule has 0 radical (unpaired) electrons. The molecule has 38 heavy (non-hydrogen) atoms. The second-order valence-corrected chi connectivity index (χ2v) is 11.5. The molecule has 0 spiro atoms. The minimum atomic E-state index is -0.916. The molecule has 1 unspecified atom stereocenters. The third kappa shape index (κ3) is 6.44. The molecule has 0 saturated carbocycles. The predicted molar refractivity (Wildman–Crippen MR) is 141 cm³/mol. The number of ether oxygens (including phenoxy) is 1. The topological polar surface area (TPSA) is 87.9 Å². The van der Waals surface area contributed by atoms with Crippen LogP contribution in [-0.4, -0.2) is 27.9 Å². The molecule has 196 valence electrons. The lowest BCUT2D eigenvalue weighted by molar-refractivity contribution is 0.0502. The summed E-state index contributed by atoms with van der Waals surface area (Å²) in [6, 6.07) is 9.91. The number of alkyl carbamates (subject to hydrolysis) is 1. The molecule has 1 amide bonds. The summed E-state index contributed by atoms with van der Waals surface area (Å²) in [5.74, 6) is -2.20. The number of rotatable bonds is 6. The third-order valence-corrected chi connectivity index (χ3v) is 7.32. The van der Waals surface area contributed by atoms with Crippen molar-refractivity contribution in [3.8, 4) is 17.2 Å². The Morgan fingerprint density at radius 3 is 2.47 bits per heavy atom. The van der Waals surface area contributed by atoms with E-state index in [1.165, 1.54) is 53.4 Å². The van der Waals surface area contributed by atoms with Crippen molar-refractivity contribution in [1.29, 1.82) is 5.26 Å². The Balaban J connectivity index is 1.91. The normalized spacial score (nSPS) is 12.3. The fourth-order valence-electron chi connectivity index (χ4n) is 3.85. The van der Waals surface area contributed by atoms with Gasteiger partial charge in [-0.1, -0.05) is 17.8 Å². The highest BCUT2D eigenvalue weighted by molar-refractivity contribution is 8.00. The maximum Gasteiger partial charge on any atom is 0.408 e. The number of thiazole rings is 1. The van der Waals surface area contributed by atoms with E-state index in [0.29, 0.717) is 22.5 Å². The van der Waals surface area contributed by atoms with Crippen LogP contribution in [-0.2, 0) is 11.2 Å². The lowest BCUT2D eigenvalue weighted by Crippen LogP contribution is -2.36. The zero-order valence-electron chi connectivity index (χ0n) is 20.9. The van der Waals surface area contributed by atoms with Crippen LogP contribution in [0.1, 0.15) is 43.6 Å². The van der Waals surface area contributed by atoms with Crippen molar-refractivity contribution in [3.05, 3.63) is 76.7 Å². The fraction of sp³-hybridized carbons (Fsp3) is 0.259. The number of thioether (sulfide) groups is 1. The van der Waals surface area contributed by atoms with Crippen molar-refractivity contribution in [1.82, 2.24) is 15.3 Å². The zero-order valence-corrected chi connectivity index (χ0v) is 22.6. The average Bonchev–Trinajstić information content (AvgIpc) is 3.23. The Labute approximate surface area is 225 Å². The van der Waals surface area contributed by atoms with E-state index in [1.54, 1.807) is 26.8 Å². The van der Waals surface area contributed by atoms with Crippen LogP contribution in [0.5, 0.6) is 0 Å². The first-order valence-corrected chi connectivity index (χ1v) is 13.5. The minimum absolute atomic E-state index is 0.0365. The highest BCUT2D eigenvalue weighted by atomic mass is 32.2. The van der Waals surface area contributed by atoms with E-state index < -0.39 is 35.2 Å². The number of fused-ring (bicyclic) bond motifs is 1. The van der Waals surface area contributed by atoms with E-state index in [1.807, 2.05) is 12.3 Å². The smallest absolute Gasteiger partial charge is 0.408 e. The van der Waals surface area contributed by atoms with Gasteiger partial charge in [-0.2, -0.15) is 5.26 Å². The van der Waals surface area contributed by atoms with E-state index in [9.17, 15) is 23.2 Å². The van der Waals surface area contributed by atoms with Gasteiger partial charge in [-0.05, 0) is 74.9 Å². The number of amides is 1. The minimum Gasteiger partial charge on any atom is -0.444 e. The summed E-state index contributed by atoms with van der Waals surface area (Å²) in [7, 11) is 0. The van der Waals surface area contributed by atoms with Crippen LogP contribution >= 0.6 is 23.1 Å². The first kappa shape index (κ1) is 27.4. The van der Waals surface area contributed by atoms with Gasteiger partial charge < -0.3 is 10.1 Å². The number of hydrogen-bond donors (Lipinski definition) is 1. The number of nitriles is 1. The highest BCUT2D eigenvalue weighted by Crippen LogP contribution is 2.36. The predicted octanol–water partition coefficient (Wildman–Crippen LogP) is 7.18. The molecule has 1 atom stereocenters. The quantitative estimate of drug-likeness (QED) is 0.253. The summed E-state index contributed by atoms with van der Waals surface area (Å²) in [6.07, 6.45) is 1.09. The molecule has 2 aromatic heterocycles. The van der Waals surface area contributed by atoms with Crippen LogP contribution in [0.15, 0.2) is 46.8 Å². The van der Waals surface area contributed by atoms with Gasteiger partial charge in [0.2, 0.25) is 0 Å². The number of aromatic nitrogens is 2. The molecule has 4 aromatic rings. The maximum atomic E-state index is 14.1. The summed E-state index contributed by atoms with van der Waals surface area (Å²) >= 11 is 2.85. The van der Waals surface area contributed by atoms with Crippen molar-refractivity contribution in [2.24, 2.45) is 0 Å². The molecule has 0 saturated heterocycles. The maximum absolute atomic E-state index is 14.1. The van der Waals surface area contributed by atoms with Crippen LogP contribution in [0.25, 0.3) is 21.5 Å². The number of carbonyl (C=O) groups is 1. The van der Waals surface area contributed by atoms with Crippen LogP contribution in [0, 0.1) is 28.8 Å². The Bertz CT molecular complexity index is 1540. The second-order valence-electron chi connectivity index (χ2n) is 9.41. The number of carbonyl (C=O) groups excluding carboxylic acids is 1. The van der Waals surface area contributed by atoms with Crippen LogP contribution in [0.3, 0.4) is 0 Å². The first-order valence-electron chi connectivity index (χ1n) is 11.5. The van der Waals surface area contributed by atoms with Gasteiger partial charge in [-0.15, -0.1) is 11.3 Å². The van der Waals surface area contributed by atoms with Crippen molar-refractivity contribution < 1.29 is 22.7 Å². The van der Waals surface area contributed by atoms with Crippen LogP contribution < -0.4 is 5.32 Å². The molecule has 11 heteroatoms. The van der Waals surface area contributed by atoms with Crippen LogP contribution in [0.4, 0.5) is 18.0 Å². The van der Waals surface area contributed by atoms with E-state index in [2.05, 4.69) is 10.3 Å². The molecule has 0 fully saturated rings. The molecule has 2 aromatic carbocycles. The van der Waals surface area contributed by atoms with Gasteiger partial charge in [0.15, 0.2) is 9.99 Å². The molecule has 1 N–H and O–H groups in total. The summed E-state index contributed by atoms with van der Waals surface area (Å²) in [5, 5.41) is 12.2. The SMILES string of the molecule is CSc1nc2nc(C(Cc3cc(F)cc(F)c3)NC(=O)OC(C)(C)C)c(-c3ccc(F)c(C#N)c3)cc2s1. The van der Waals surface area contributed by atoms with Gasteiger partial charge >= 0.3 is 6.09 Å². The summed E-state index contributed by atoms with van der Waals surface area (Å²) in [6.45, 7) is 5.13. The van der Waals surface area contributed by atoms with Gasteiger partial charge in [0.05, 0.1) is 22.0 Å². The molecule has 0 bridgehead atoms. The van der Waals surface area contributed by atoms with Crippen LogP contribution in [0.2, 0.25) is 0 Å². The van der Waals surface area contributed by atoms with Gasteiger partial charge in [0, 0.05) is 11.6 Å². The van der Waals surface area contributed by atoms with Gasteiger partial charge in [-0.3, -0.25) is 0 Å².